The molecule has 8 nitrogen and oxygen atoms in total. The fourth-order valence-electron chi connectivity index (χ4n) is 3.76. The van der Waals surface area contributed by atoms with Crippen molar-refractivity contribution in [3.63, 3.8) is 0 Å². The van der Waals surface area contributed by atoms with E-state index in [-0.39, 0.29) is 0 Å². The first-order valence-electron chi connectivity index (χ1n) is 10.7. The molecule has 0 atom stereocenters. The Morgan fingerprint density at radius 1 is 0.967 bits per heavy atom. The first-order valence-corrected chi connectivity index (χ1v) is 10.7. The SMILES string of the molecule is COc1ccc(-c2noc(CN3CCN(CCCCCn4cccn4)CC3)n2)cc1. The van der Waals surface area contributed by atoms with E-state index >= 15 is 0 Å². The number of piperazine rings is 1. The maximum absolute atomic E-state index is 5.47. The summed E-state index contributed by atoms with van der Waals surface area (Å²) in [4.78, 5) is 9.50. The lowest BCUT2D eigenvalue weighted by atomic mass is 10.2. The number of rotatable bonds is 10. The zero-order chi connectivity index (χ0) is 20.6. The number of nitrogens with zero attached hydrogens (tertiary/aromatic N) is 6. The molecule has 3 aromatic rings. The first-order chi connectivity index (χ1) is 14.8. The topological polar surface area (TPSA) is 72.5 Å². The normalized spacial score (nSPS) is 15.5. The summed E-state index contributed by atoms with van der Waals surface area (Å²) in [6.07, 6.45) is 7.55. The van der Waals surface area contributed by atoms with E-state index < -0.39 is 0 Å². The van der Waals surface area contributed by atoms with Crippen LogP contribution in [0.4, 0.5) is 0 Å². The molecule has 0 N–H and O–H groups in total. The molecule has 0 radical (unpaired) electrons. The van der Waals surface area contributed by atoms with Gasteiger partial charge in [-0.1, -0.05) is 11.6 Å². The molecule has 0 saturated carbocycles. The van der Waals surface area contributed by atoms with E-state index in [1.807, 2.05) is 47.4 Å². The van der Waals surface area contributed by atoms with E-state index in [0.717, 1.165) is 44.0 Å². The van der Waals surface area contributed by atoms with Crippen LogP contribution < -0.4 is 4.74 Å². The molecule has 1 saturated heterocycles. The van der Waals surface area contributed by atoms with Crippen LogP contribution in [0.1, 0.15) is 25.2 Å². The van der Waals surface area contributed by atoms with Crippen molar-refractivity contribution in [3.8, 4) is 17.1 Å². The Morgan fingerprint density at radius 3 is 2.47 bits per heavy atom. The number of aromatic nitrogens is 4. The summed E-state index contributed by atoms with van der Waals surface area (Å²) in [5.74, 6) is 2.12. The Hall–Kier alpha value is -2.71. The monoisotopic (exact) mass is 410 g/mol. The highest BCUT2D eigenvalue weighted by Gasteiger charge is 2.19. The van der Waals surface area contributed by atoms with E-state index in [2.05, 4.69) is 25.0 Å². The number of hydrogen-bond donors (Lipinski definition) is 0. The zero-order valence-corrected chi connectivity index (χ0v) is 17.6. The van der Waals surface area contributed by atoms with Gasteiger partial charge in [-0.25, -0.2) is 0 Å². The lowest BCUT2D eigenvalue weighted by Gasteiger charge is -2.33. The maximum Gasteiger partial charge on any atom is 0.241 e. The minimum atomic E-state index is 0.626. The van der Waals surface area contributed by atoms with Crippen molar-refractivity contribution >= 4 is 0 Å². The highest BCUT2D eigenvalue weighted by Crippen LogP contribution is 2.20. The molecular weight excluding hydrogens is 380 g/mol. The molecule has 0 unspecified atom stereocenters. The number of benzene rings is 1. The maximum atomic E-state index is 5.47. The van der Waals surface area contributed by atoms with Gasteiger partial charge in [0.25, 0.3) is 0 Å². The molecule has 30 heavy (non-hydrogen) atoms. The summed E-state index contributed by atoms with van der Waals surface area (Å²) < 4.78 is 12.7. The molecule has 1 aliphatic heterocycles. The number of hydrogen-bond acceptors (Lipinski definition) is 7. The van der Waals surface area contributed by atoms with E-state index in [1.165, 1.54) is 25.8 Å². The van der Waals surface area contributed by atoms with Crippen LogP contribution in [0.2, 0.25) is 0 Å². The standard InChI is InChI=1S/C22H30N6O2/c1-29-20-8-6-19(7-9-20)22-24-21(30-25-22)18-27-16-14-26(15-17-27)11-3-2-4-12-28-13-5-10-23-28/h5-10,13H,2-4,11-12,14-18H2,1H3. The largest absolute Gasteiger partial charge is 0.497 e. The Balaban J connectivity index is 1.15. The average Bonchev–Trinajstić information content (AvgIpc) is 3.47. The van der Waals surface area contributed by atoms with E-state index in [9.17, 15) is 0 Å². The number of methoxy groups -OCH3 is 1. The second-order valence-corrected chi connectivity index (χ2v) is 7.69. The molecule has 0 amide bonds. The van der Waals surface area contributed by atoms with Gasteiger partial charge < -0.3 is 14.2 Å². The van der Waals surface area contributed by atoms with Gasteiger partial charge >= 0.3 is 0 Å². The van der Waals surface area contributed by atoms with Crippen molar-refractivity contribution in [2.24, 2.45) is 0 Å². The van der Waals surface area contributed by atoms with Gasteiger partial charge in [0, 0.05) is 50.7 Å². The van der Waals surface area contributed by atoms with Crippen molar-refractivity contribution in [3.05, 3.63) is 48.6 Å². The molecule has 1 aliphatic rings. The molecule has 160 valence electrons. The van der Waals surface area contributed by atoms with Crippen molar-refractivity contribution < 1.29 is 9.26 Å². The van der Waals surface area contributed by atoms with Crippen LogP contribution in [0.15, 0.2) is 47.2 Å². The molecule has 0 bridgehead atoms. The van der Waals surface area contributed by atoms with Gasteiger partial charge in [-0.2, -0.15) is 10.1 Å². The summed E-state index contributed by atoms with van der Waals surface area (Å²) in [5.41, 5.74) is 0.933. The van der Waals surface area contributed by atoms with Gasteiger partial charge in [0.05, 0.1) is 13.7 Å². The zero-order valence-electron chi connectivity index (χ0n) is 17.6. The summed E-state index contributed by atoms with van der Waals surface area (Å²) in [5, 5.41) is 8.38. The predicted octanol–water partition coefficient (Wildman–Crippen LogP) is 2.93. The summed E-state index contributed by atoms with van der Waals surface area (Å²) in [6.45, 7) is 7.16. The molecular formula is C22H30N6O2. The first kappa shape index (κ1) is 20.6. The Kier molecular flexibility index (Phi) is 7.10. The van der Waals surface area contributed by atoms with E-state index in [4.69, 9.17) is 9.26 Å². The van der Waals surface area contributed by atoms with E-state index in [1.54, 1.807) is 7.11 Å². The van der Waals surface area contributed by atoms with Gasteiger partial charge in [0.2, 0.25) is 11.7 Å². The highest BCUT2D eigenvalue weighted by atomic mass is 16.5. The number of ether oxygens (including phenoxy) is 1. The van der Waals surface area contributed by atoms with E-state index in [0.29, 0.717) is 18.3 Å². The minimum Gasteiger partial charge on any atom is -0.497 e. The van der Waals surface area contributed by atoms with Crippen molar-refractivity contribution in [2.75, 3.05) is 39.8 Å². The van der Waals surface area contributed by atoms with Crippen LogP contribution in [0.5, 0.6) is 5.75 Å². The molecule has 4 rings (SSSR count). The smallest absolute Gasteiger partial charge is 0.241 e. The Bertz CT molecular complexity index is 869. The fraction of sp³-hybridized carbons (Fsp3) is 0.500. The Morgan fingerprint density at radius 2 is 1.73 bits per heavy atom. The van der Waals surface area contributed by atoms with Gasteiger partial charge in [-0.05, 0) is 49.7 Å². The molecule has 3 heterocycles. The third-order valence-electron chi connectivity index (χ3n) is 5.56. The number of aryl methyl sites for hydroxylation is 1. The van der Waals surface area contributed by atoms with Crippen molar-refractivity contribution in [1.82, 2.24) is 29.7 Å². The molecule has 8 heteroatoms. The highest BCUT2D eigenvalue weighted by molar-refractivity contribution is 5.55. The third kappa shape index (κ3) is 5.67. The van der Waals surface area contributed by atoms with Crippen LogP contribution in [0.3, 0.4) is 0 Å². The molecule has 1 aromatic carbocycles. The predicted molar refractivity (Wildman–Crippen MR) is 114 cm³/mol. The van der Waals surface area contributed by atoms with Gasteiger partial charge in [-0.15, -0.1) is 0 Å². The summed E-state index contributed by atoms with van der Waals surface area (Å²) in [7, 11) is 1.66. The second-order valence-electron chi connectivity index (χ2n) is 7.69. The average molecular weight is 411 g/mol. The van der Waals surface area contributed by atoms with Gasteiger partial charge in [-0.3, -0.25) is 9.58 Å². The van der Waals surface area contributed by atoms with Gasteiger partial charge in [0.1, 0.15) is 5.75 Å². The second kappa shape index (κ2) is 10.4. The van der Waals surface area contributed by atoms with Crippen LogP contribution in [0, 0.1) is 0 Å². The third-order valence-corrected chi connectivity index (χ3v) is 5.56. The lowest BCUT2D eigenvalue weighted by Crippen LogP contribution is -2.46. The van der Waals surface area contributed by atoms with Crippen LogP contribution in [-0.2, 0) is 13.1 Å². The lowest BCUT2D eigenvalue weighted by molar-refractivity contribution is 0.115. The fourth-order valence-corrected chi connectivity index (χ4v) is 3.76. The van der Waals surface area contributed by atoms with Crippen molar-refractivity contribution in [1.29, 1.82) is 0 Å². The van der Waals surface area contributed by atoms with Crippen LogP contribution in [-0.4, -0.2) is 69.6 Å². The van der Waals surface area contributed by atoms with Crippen LogP contribution in [0.25, 0.3) is 11.4 Å². The molecule has 0 aliphatic carbocycles. The van der Waals surface area contributed by atoms with Gasteiger partial charge in [0.15, 0.2) is 0 Å². The number of unbranched alkanes of at least 4 members (excludes halogenated alkanes) is 2. The quantitative estimate of drug-likeness (QED) is 0.476. The van der Waals surface area contributed by atoms with Crippen molar-refractivity contribution in [2.45, 2.75) is 32.4 Å². The summed E-state index contributed by atoms with van der Waals surface area (Å²) in [6, 6.07) is 9.68. The van der Waals surface area contributed by atoms with Crippen LogP contribution >= 0.6 is 0 Å². The minimum absolute atomic E-state index is 0.626. The molecule has 1 fully saturated rings. The Labute approximate surface area is 177 Å². The molecule has 2 aromatic heterocycles. The molecule has 0 spiro atoms. The summed E-state index contributed by atoms with van der Waals surface area (Å²) >= 11 is 0.